The van der Waals surface area contributed by atoms with E-state index in [0.717, 1.165) is 6.42 Å². The molecule has 0 saturated heterocycles. The molecule has 1 N–H and O–H groups in total. The molecule has 0 aliphatic heterocycles. The molecule has 0 aromatic rings. The molecule has 13 heavy (non-hydrogen) atoms. The predicted molar refractivity (Wildman–Crippen MR) is 54.5 cm³/mol. The summed E-state index contributed by atoms with van der Waals surface area (Å²) in [4.78, 5) is 0. The molecule has 0 aromatic carbocycles. The van der Waals surface area contributed by atoms with E-state index in [-0.39, 0.29) is 6.61 Å². The minimum absolute atomic E-state index is 0.284. The monoisotopic (exact) mass is 178 g/mol. The zero-order chi connectivity index (χ0) is 9.10. The quantitative estimate of drug-likeness (QED) is 0.689. The van der Waals surface area contributed by atoms with E-state index < -0.39 is 0 Å². The summed E-state index contributed by atoms with van der Waals surface area (Å²) in [5.74, 6) is 0. The Hall–Kier alpha value is -0.560. The average molecular weight is 178 g/mol. The Bertz CT molecular complexity index is 248. The fraction of sp³-hybridized carbons (Fsp3) is 0.667. The average Bonchev–Trinajstić information content (AvgIpc) is 2.70. The van der Waals surface area contributed by atoms with Gasteiger partial charge in [0.05, 0.1) is 6.61 Å². The highest BCUT2D eigenvalue weighted by molar-refractivity contribution is 5.38. The van der Waals surface area contributed by atoms with E-state index in [9.17, 15) is 5.11 Å². The molecule has 72 valence electrons. The van der Waals surface area contributed by atoms with Crippen LogP contribution in [0.2, 0.25) is 0 Å². The van der Waals surface area contributed by atoms with Gasteiger partial charge in [0.15, 0.2) is 0 Å². The number of rotatable bonds is 2. The second kappa shape index (κ2) is 4.10. The maximum Gasteiger partial charge on any atom is 0.0647 e. The normalized spacial score (nSPS) is 23.6. The molecule has 1 nitrogen and oxygen atoms in total. The van der Waals surface area contributed by atoms with Crippen LogP contribution in [0.3, 0.4) is 0 Å². The lowest BCUT2D eigenvalue weighted by molar-refractivity contribution is 0.321. The summed E-state index contributed by atoms with van der Waals surface area (Å²) in [6, 6.07) is 0. The van der Waals surface area contributed by atoms with E-state index in [1.165, 1.54) is 49.7 Å². The topological polar surface area (TPSA) is 20.2 Å². The Morgan fingerprint density at radius 1 is 1.08 bits per heavy atom. The van der Waals surface area contributed by atoms with E-state index in [1.54, 1.807) is 5.57 Å². The van der Waals surface area contributed by atoms with Crippen LogP contribution in [0.15, 0.2) is 22.8 Å². The van der Waals surface area contributed by atoms with Gasteiger partial charge < -0.3 is 5.11 Å². The van der Waals surface area contributed by atoms with Gasteiger partial charge in [0, 0.05) is 0 Å². The molecule has 0 saturated carbocycles. The largest absolute Gasteiger partial charge is 0.392 e. The van der Waals surface area contributed by atoms with Crippen molar-refractivity contribution in [2.45, 2.75) is 44.9 Å². The maximum absolute atomic E-state index is 9.24. The van der Waals surface area contributed by atoms with Crippen LogP contribution in [0.4, 0.5) is 0 Å². The highest BCUT2D eigenvalue weighted by Gasteiger charge is 2.17. The highest BCUT2D eigenvalue weighted by Crippen LogP contribution is 2.34. The summed E-state index contributed by atoms with van der Waals surface area (Å²) >= 11 is 0. The zero-order valence-corrected chi connectivity index (χ0v) is 8.18. The van der Waals surface area contributed by atoms with Gasteiger partial charge in [-0.05, 0) is 61.7 Å². The molecule has 2 rings (SSSR count). The molecule has 2 aliphatic rings. The van der Waals surface area contributed by atoms with E-state index in [1.807, 2.05) is 0 Å². The van der Waals surface area contributed by atoms with Gasteiger partial charge in [0.25, 0.3) is 0 Å². The van der Waals surface area contributed by atoms with Gasteiger partial charge in [0.1, 0.15) is 0 Å². The van der Waals surface area contributed by atoms with E-state index in [0.29, 0.717) is 0 Å². The second-order valence-corrected chi connectivity index (χ2v) is 4.07. The minimum Gasteiger partial charge on any atom is -0.392 e. The summed E-state index contributed by atoms with van der Waals surface area (Å²) in [6.45, 7) is 0.284. The first-order valence-electron chi connectivity index (χ1n) is 5.43. The summed E-state index contributed by atoms with van der Waals surface area (Å²) in [7, 11) is 0. The van der Waals surface area contributed by atoms with E-state index in [2.05, 4.69) is 6.08 Å². The molecular formula is C12H18O. The Labute approximate surface area is 80.2 Å². The van der Waals surface area contributed by atoms with Crippen LogP contribution in [0.5, 0.6) is 0 Å². The smallest absolute Gasteiger partial charge is 0.0647 e. The second-order valence-electron chi connectivity index (χ2n) is 4.07. The molecule has 0 heterocycles. The third kappa shape index (κ3) is 1.86. The number of hydrogen-bond acceptors (Lipinski definition) is 1. The summed E-state index contributed by atoms with van der Waals surface area (Å²) in [5, 5.41) is 9.24. The Kier molecular flexibility index (Phi) is 2.84. The Morgan fingerprint density at radius 3 is 2.62 bits per heavy atom. The molecule has 0 amide bonds. The van der Waals surface area contributed by atoms with Crippen LogP contribution in [-0.4, -0.2) is 11.7 Å². The fourth-order valence-corrected chi connectivity index (χ4v) is 2.47. The lowest BCUT2D eigenvalue weighted by Crippen LogP contribution is -2.04. The van der Waals surface area contributed by atoms with Crippen molar-refractivity contribution in [3.8, 4) is 0 Å². The molecule has 0 fully saturated rings. The summed E-state index contributed by atoms with van der Waals surface area (Å²) < 4.78 is 0. The van der Waals surface area contributed by atoms with Gasteiger partial charge >= 0.3 is 0 Å². The van der Waals surface area contributed by atoms with Gasteiger partial charge in [0.2, 0.25) is 0 Å². The lowest BCUT2D eigenvalue weighted by Gasteiger charge is -2.20. The van der Waals surface area contributed by atoms with Crippen LogP contribution in [0.25, 0.3) is 0 Å². The molecule has 2 aliphatic carbocycles. The molecule has 0 bridgehead atoms. The van der Waals surface area contributed by atoms with E-state index in [4.69, 9.17) is 0 Å². The Morgan fingerprint density at radius 2 is 1.92 bits per heavy atom. The molecule has 0 unspecified atom stereocenters. The van der Waals surface area contributed by atoms with Crippen LogP contribution in [0.1, 0.15) is 44.9 Å². The van der Waals surface area contributed by atoms with Crippen LogP contribution in [0, 0.1) is 0 Å². The molecule has 0 radical (unpaired) electrons. The van der Waals surface area contributed by atoms with Crippen LogP contribution < -0.4 is 0 Å². The first kappa shape index (κ1) is 9.01. The van der Waals surface area contributed by atoms with Gasteiger partial charge in [-0.1, -0.05) is 6.08 Å². The SMILES string of the molecule is OCC1=C(C2=CCCC2)CCCC1. The summed E-state index contributed by atoms with van der Waals surface area (Å²) in [5.41, 5.74) is 4.37. The van der Waals surface area contributed by atoms with Gasteiger partial charge in [-0.25, -0.2) is 0 Å². The van der Waals surface area contributed by atoms with Crippen molar-refractivity contribution in [1.29, 1.82) is 0 Å². The van der Waals surface area contributed by atoms with Gasteiger partial charge in [-0.2, -0.15) is 0 Å². The maximum atomic E-state index is 9.24. The van der Waals surface area contributed by atoms with Crippen molar-refractivity contribution in [3.05, 3.63) is 22.8 Å². The van der Waals surface area contributed by atoms with Crippen LogP contribution in [-0.2, 0) is 0 Å². The van der Waals surface area contributed by atoms with Gasteiger partial charge in [-0.3, -0.25) is 0 Å². The zero-order valence-electron chi connectivity index (χ0n) is 8.18. The first-order chi connectivity index (χ1) is 6.42. The van der Waals surface area contributed by atoms with Crippen molar-refractivity contribution in [2.24, 2.45) is 0 Å². The number of aliphatic hydroxyl groups is 1. The van der Waals surface area contributed by atoms with Crippen molar-refractivity contribution in [2.75, 3.05) is 6.61 Å². The Balaban J connectivity index is 2.21. The standard InChI is InChI=1S/C12H18O/c13-9-11-7-3-4-8-12(11)10-5-1-2-6-10/h5,13H,1-4,6-9H2. The number of aliphatic hydroxyl groups excluding tert-OH is 1. The number of hydrogen-bond donors (Lipinski definition) is 1. The van der Waals surface area contributed by atoms with Crippen molar-refractivity contribution >= 4 is 0 Å². The molecule has 0 aromatic heterocycles. The molecule has 1 heteroatoms. The number of allylic oxidation sites excluding steroid dienone is 3. The lowest BCUT2D eigenvalue weighted by atomic mass is 9.87. The van der Waals surface area contributed by atoms with E-state index >= 15 is 0 Å². The first-order valence-corrected chi connectivity index (χ1v) is 5.43. The van der Waals surface area contributed by atoms with Gasteiger partial charge in [-0.15, -0.1) is 0 Å². The van der Waals surface area contributed by atoms with Crippen molar-refractivity contribution < 1.29 is 5.11 Å². The van der Waals surface area contributed by atoms with Crippen molar-refractivity contribution in [3.63, 3.8) is 0 Å². The highest BCUT2D eigenvalue weighted by atomic mass is 16.3. The minimum atomic E-state index is 0.284. The summed E-state index contributed by atoms with van der Waals surface area (Å²) in [6.07, 6.45) is 11.1. The fourth-order valence-electron chi connectivity index (χ4n) is 2.47. The van der Waals surface area contributed by atoms with Crippen molar-refractivity contribution in [1.82, 2.24) is 0 Å². The molecule has 0 atom stereocenters. The molecular weight excluding hydrogens is 160 g/mol. The third-order valence-corrected chi connectivity index (χ3v) is 3.20. The third-order valence-electron chi connectivity index (χ3n) is 3.20. The predicted octanol–water partition coefficient (Wildman–Crippen LogP) is 2.96. The van der Waals surface area contributed by atoms with Crippen LogP contribution >= 0.6 is 0 Å². The molecule has 0 spiro atoms.